The quantitative estimate of drug-likeness (QED) is 0.775. The van der Waals surface area contributed by atoms with Crippen LogP contribution in [0.2, 0.25) is 0 Å². The second-order valence-corrected chi connectivity index (χ2v) is 3.67. The maximum atomic E-state index is 10.7. The highest BCUT2D eigenvalue weighted by atomic mass is 32.2. The van der Waals surface area contributed by atoms with Crippen LogP contribution in [0.1, 0.15) is 5.56 Å². The van der Waals surface area contributed by atoms with Gasteiger partial charge in [-0.3, -0.25) is 4.21 Å². The minimum Gasteiger partial charge on any atom is -0.768 e. The molecule has 6 heteroatoms. The van der Waals surface area contributed by atoms with E-state index in [1.165, 1.54) is 19.2 Å². The van der Waals surface area contributed by atoms with Gasteiger partial charge in [0, 0.05) is 11.4 Å². The summed E-state index contributed by atoms with van der Waals surface area (Å²) in [4.78, 5) is 10.9. The summed E-state index contributed by atoms with van der Waals surface area (Å²) < 4.78 is 25.6. The molecule has 1 aromatic carbocycles. The highest BCUT2D eigenvalue weighted by molar-refractivity contribution is 7.79. The molecular weight excluding hydrogens is 218 g/mol. The van der Waals surface area contributed by atoms with Crippen LogP contribution in [0.3, 0.4) is 0 Å². The largest absolute Gasteiger partial charge is 0.768 e. The van der Waals surface area contributed by atoms with Crippen molar-refractivity contribution in [2.45, 2.75) is 11.4 Å². The maximum Gasteiger partial charge on any atom is 0.407 e. The summed E-state index contributed by atoms with van der Waals surface area (Å²) in [5.41, 5.74) is 0.696. The minimum absolute atomic E-state index is 0.194. The molecule has 1 atom stereocenters. The number of amides is 1. The van der Waals surface area contributed by atoms with Crippen molar-refractivity contribution in [3.8, 4) is 0 Å². The van der Waals surface area contributed by atoms with Crippen molar-refractivity contribution in [1.82, 2.24) is 5.32 Å². The lowest BCUT2D eigenvalue weighted by molar-refractivity contribution is 0.170. The van der Waals surface area contributed by atoms with Crippen molar-refractivity contribution in [3.63, 3.8) is 0 Å². The summed E-state index contributed by atoms with van der Waals surface area (Å²) >= 11 is -2.25. The van der Waals surface area contributed by atoms with Crippen LogP contribution in [0.5, 0.6) is 0 Å². The van der Waals surface area contributed by atoms with Gasteiger partial charge >= 0.3 is 6.09 Å². The second-order valence-electron chi connectivity index (χ2n) is 2.73. The van der Waals surface area contributed by atoms with Gasteiger partial charge in [-0.15, -0.1) is 0 Å². The first kappa shape index (κ1) is 11.7. The van der Waals surface area contributed by atoms with Crippen molar-refractivity contribution in [3.05, 3.63) is 29.8 Å². The molecule has 1 unspecified atom stereocenters. The summed E-state index contributed by atoms with van der Waals surface area (Å²) in [5, 5.41) is 2.45. The van der Waals surface area contributed by atoms with Gasteiger partial charge in [0.15, 0.2) is 0 Å². The predicted molar refractivity (Wildman–Crippen MR) is 52.9 cm³/mol. The van der Waals surface area contributed by atoms with Gasteiger partial charge in [0.25, 0.3) is 0 Å². The zero-order valence-electron chi connectivity index (χ0n) is 8.06. The number of methoxy groups -OCH3 is 1. The molecule has 1 N–H and O–H groups in total. The summed E-state index contributed by atoms with van der Waals surface area (Å²) in [7, 11) is 1.26. The monoisotopic (exact) mass is 228 g/mol. The van der Waals surface area contributed by atoms with Gasteiger partial charge in [-0.05, 0) is 28.8 Å². The van der Waals surface area contributed by atoms with Crippen molar-refractivity contribution >= 4 is 17.2 Å². The number of ether oxygens (including phenoxy) is 1. The number of hydrogen-bond donors (Lipinski definition) is 1. The van der Waals surface area contributed by atoms with E-state index in [0.717, 1.165) is 0 Å². The fourth-order valence-corrected chi connectivity index (χ4v) is 1.44. The molecule has 0 saturated carbocycles. The molecule has 1 rings (SSSR count). The molecule has 1 amide bonds. The highest BCUT2D eigenvalue weighted by Crippen LogP contribution is 2.07. The van der Waals surface area contributed by atoms with E-state index in [-0.39, 0.29) is 11.4 Å². The Morgan fingerprint density at radius 2 is 2.33 bits per heavy atom. The Hall–Kier alpha value is -1.40. The first-order chi connectivity index (χ1) is 7.13. The fourth-order valence-electron chi connectivity index (χ4n) is 1.01. The molecule has 82 valence electrons. The van der Waals surface area contributed by atoms with Gasteiger partial charge in [-0.25, -0.2) is 4.79 Å². The minimum atomic E-state index is -2.25. The number of rotatable bonds is 3. The molecule has 0 aromatic heterocycles. The molecule has 0 bridgehead atoms. The molecule has 0 fully saturated rings. The topological polar surface area (TPSA) is 78.5 Å². The van der Waals surface area contributed by atoms with E-state index in [0.29, 0.717) is 5.56 Å². The van der Waals surface area contributed by atoms with E-state index in [2.05, 4.69) is 10.1 Å². The van der Waals surface area contributed by atoms with Gasteiger partial charge in [0.2, 0.25) is 0 Å². The van der Waals surface area contributed by atoms with Crippen LogP contribution >= 0.6 is 0 Å². The van der Waals surface area contributed by atoms with Crippen LogP contribution in [-0.4, -0.2) is 22.0 Å². The third kappa shape index (κ3) is 3.69. The third-order valence-corrected chi connectivity index (χ3v) is 2.35. The molecule has 0 aliphatic rings. The lowest BCUT2D eigenvalue weighted by Gasteiger charge is -2.08. The van der Waals surface area contributed by atoms with E-state index in [1.807, 2.05) is 0 Å². The molecule has 0 spiro atoms. The fraction of sp³-hybridized carbons (Fsp3) is 0.222. The van der Waals surface area contributed by atoms with Gasteiger partial charge in [0.1, 0.15) is 0 Å². The summed E-state index contributed by atoms with van der Waals surface area (Å²) in [5.74, 6) is 0. The van der Waals surface area contributed by atoms with Crippen LogP contribution in [-0.2, 0) is 22.4 Å². The van der Waals surface area contributed by atoms with Crippen LogP contribution < -0.4 is 5.32 Å². The number of hydrogen-bond acceptors (Lipinski definition) is 4. The lowest BCUT2D eigenvalue weighted by atomic mass is 10.2. The van der Waals surface area contributed by atoms with Crippen LogP contribution in [0.15, 0.2) is 29.2 Å². The maximum absolute atomic E-state index is 10.7. The average molecular weight is 228 g/mol. The third-order valence-electron chi connectivity index (χ3n) is 1.71. The molecule has 0 saturated heterocycles. The molecule has 5 nitrogen and oxygen atoms in total. The van der Waals surface area contributed by atoms with Gasteiger partial charge in [-0.2, -0.15) is 0 Å². The molecule has 0 aliphatic heterocycles. The van der Waals surface area contributed by atoms with Crippen LogP contribution in [0, 0.1) is 0 Å². The van der Waals surface area contributed by atoms with E-state index in [9.17, 15) is 13.6 Å². The van der Waals surface area contributed by atoms with Gasteiger partial charge in [-0.1, -0.05) is 12.1 Å². The molecule has 0 radical (unpaired) electrons. The van der Waals surface area contributed by atoms with E-state index in [4.69, 9.17) is 0 Å². The number of benzene rings is 1. The molecule has 0 aliphatic carbocycles. The normalized spacial score (nSPS) is 11.9. The lowest BCUT2D eigenvalue weighted by Crippen LogP contribution is -2.22. The van der Waals surface area contributed by atoms with Crippen molar-refractivity contribution in [2.24, 2.45) is 0 Å². The number of nitrogens with one attached hydrogen (secondary N) is 1. The zero-order chi connectivity index (χ0) is 11.3. The molecular formula is C9H10NO4S-. The predicted octanol–water partition coefficient (Wildman–Crippen LogP) is 0.781. The molecule has 0 heterocycles. The Balaban J connectivity index is 2.66. The van der Waals surface area contributed by atoms with Crippen LogP contribution in [0.4, 0.5) is 4.79 Å². The SMILES string of the molecule is COC(=O)NCc1cccc(S(=O)[O-])c1. The first-order valence-electron chi connectivity index (χ1n) is 4.13. The summed E-state index contributed by atoms with van der Waals surface area (Å²) in [6.07, 6.45) is -0.552. The van der Waals surface area contributed by atoms with Crippen molar-refractivity contribution in [1.29, 1.82) is 0 Å². The smallest absolute Gasteiger partial charge is 0.407 e. The van der Waals surface area contributed by atoms with Gasteiger partial charge in [0.05, 0.1) is 7.11 Å². The average Bonchev–Trinajstić information content (AvgIpc) is 2.26. The number of alkyl carbamates (subject to hydrolysis) is 1. The zero-order valence-corrected chi connectivity index (χ0v) is 8.87. The van der Waals surface area contributed by atoms with Crippen LogP contribution in [0.25, 0.3) is 0 Å². The standard InChI is InChI=1S/C9H11NO4S/c1-14-9(11)10-6-7-3-2-4-8(5-7)15(12)13/h2-5H,6H2,1H3,(H,10,11)(H,12,13)/p-1. The van der Waals surface area contributed by atoms with Crippen molar-refractivity contribution in [2.75, 3.05) is 7.11 Å². The Labute approximate surface area is 89.7 Å². The molecule has 1 aromatic rings. The first-order valence-corrected chi connectivity index (χ1v) is 5.21. The number of carbonyl (C=O) groups excluding carboxylic acids is 1. The van der Waals surface area contributed by atoms with E-state index in [1.54, 1.807) is 12.1 Å². The van der Waals surface area contributed by atoms with Crippen molar-refractivity contribution < 1.29 is 18.3 Å². The Bertz CT molecular complexity index is 380. The van der Waals surface area contributed by atoms with E-state index < -0.39 is 17.2 Å². The highest BCUT2D eigenvalue weighted by Gasteiger charge is 2.00. The number of carbonyl (C=O) groups is 1. The second kappa shape index (κ2) is 5.47. The molecule has 15 heavy (non-hydrogen) atoms. The Morgan fingerprint density at radius 3 is 2.93 bits per heavy atom. The Kier molecular flexibility index (Phi) is 4.26. The Morgan fingerprint density at radius 1 is 1.60 bits per heavy atom. The summed E-state index contributed by atoms with van der Waals surface area (Å²) in [6, 6.07) is 6.29. The van der Waals surface area contributed by atoms with Gasteiger partial charge < -0.3 is 14.6 Å². The van der Waals surface area contributed by atoms with E-state index >= 15 is 0 Å². The summed E-state index contributed by atoms with van der Waals surface area (Å²) in [6.45, 7) is 0.234.